The first-order chi connectivity index (χ1) is 12.7. The van der Waals surface area contributed by atoms with E-state index in [9.17, 15) is 27.1 Å². The van der Waals surface area contributed by atoms with Crippen molar-refractivity contribution in [3.8, 4) is 11.1 Å². The SMILES string of the molecule is OC(Cn1cnnn1)C(F)(F)c1ccc(-c2ccc(C(F)(F)F)cc2)cn1. The van der Waals surface area contributed by atoms with Gasteiger partial charge in [-0.05, 0) is 34.2 Å². The van der Waals surface area contributed by atoms with Gasteiger partial charge in [0, 0.05) is 11.8 Å². The number of aromatic nitrogens is 5. The third kappa shape index (κ3) is 4.08. The molecule has 3 aromatic rings. The minimum atomic E-state index is -4.46. The summed E-state index contributed by atoms with van der Waals surface area (Å²) >= 11 is 0. The molecule has 142 valence electrons. The van der Waals surface area contributed by atoms with Gasteiger partial charge in [0.15, 0.2) is 0 Å². The summed E-state index contributed by atoms with van der Waals surface area (Å²) in [4.78, 5) is 3.66. The predicted octanol–water partition coefficient (Wildman–Crippen LogP) is 2.91. The number of alkyl halides is 5. The zero-order valence-electron chi connectivity index (χ0n) is 13.5. The van der Waals surface area contributed by atoms with E-state index in [0.717, 1.165) is 35.4 Å². The number of pyridine rings is 1. The highest BCUT2D eigenvalue weighted by molar-refractivity contribution is 5.62. The van der Waals surface area contributed by atoms with Crippen molar-refractivity contribution >= 4 is 0 Å². The third-order valence-electron chi connectivity index (χ3n) is 3.82. The molecule has 0 spiro atoms. The molecule has 0 bridgehead atoms. The van der Waals surface area contributed by atoms with Crippen LogP contribution in [0.25, 0.3) is 11.1 Å². The van der Waals surface area contributed by atoms with Gasteiger partial charge in [-0.2, -0.15) is 22.0 Å². The molecule has 0 aliphatic rings. The van der Waals surface area contributed by atoms with Crippen LogP contribution in [0, 0.1) is 0 Å². The van der Waals surface area contributed by atoms with Crippen LogP contribution in [0.3, 0.4) is 0 Å². The van der Waals surface area contributed by atoms with Crippen molar-refractivity contribution in [3.63, 3.8) is 0 Å². The third-order valence-corrected chi connectivity index (χ3v) is 3.82. The Kier molecular flexibility index (Phi) is 4.87. The Hall–Kier alpha value is -2.95. The molecule has 0 saturated heterocycles. The average molecular weight is 385 g/mol. The first-order valence-corrected chi connectivity index (χ1v) is 7.59. The molecule has 0 aliphatic heterocycles. The van der Waals surface area contributed by atoms with Crippen LogP contribution in [0.5, 0.6) is 0 Å². The minimum Gasteiger partial charge on any atom is -0.384 e. The summed E-state index contributed by atoms with van der Waals surface area (Å²) in [5.74, 6) is -3.68. The van der Waals surface area contributed by atoms with Gasteiger partial charge in [-0.3, -0.25) is 4.98 Å². The van der Waals surface area contributed by atoms with Crippen molar-refractivity contribution in [2.24, 2.45) is 0 Å². The van der Waals surface area contributed by atoms with Crippen LogP contribution in [0.1, 0.15) is 11.3 Å². The highest BCUT2D eigenvalue weighted by Gasteiger charge is 2.42. The van der Waals surface area contributed by atoms with E-state index in [2.05, 4.69) is 20.5 Å². The summed E-state index contributed by atoms with van der Waals surface area (Å²) in [5, 5.41) is 19.8. The Morgan fingerprint density at radius 3 is 2.15 bits per heavy atom. The van der Waals surface area contributed by atoms with Crippen LogP contribution >= 0.6 is 0 Å². The number of hydrogen-bond acceptors (Lipinski definition) is 5. The molecule has 1 unspecified atom stereocenters. The van der Waals surface area contributed by atoms with Crippen molar-refractivity contribution in [3.05, 3.63) is 60.2 Å². The van der Waals surface area contributed by atoms with Crippen LogP contribution in [0.15, 0.2) is 48.9 Å². The molecule has 1 atom stereocenters. The number of halogens is 5. The van der Waals surface area contributed by atoms with Gasteiger partial charge in [0.25, 0.3) is 0 Å². The summed E-state index contributed by atoms with van der Waals surface area (Å²) < 4.78 is 67.4. The van der Waals surface area contributed by atoms with E-state index in [0.29, 0.717) is 11.1 Å². The quantitative estimate of drug-likeness (QED) is 0.684. The number of tetrazole rings is 1. The van der Waals surface area contributed by atoms with Crippen molar-refractivity contribution in [2.45, 2.75) is 24.7 Å². The van der Waals surface area contributed by atoms with E-state index in [-0.39, 0.29) is 0 Å². The van der Waals surface area contributed by atoms with E-state index in [4.69, 9.17) is 0 Å². The van der Waals surface area contributed by atoms with Crippen LogP contribution in [-0.4, -0.2) is 36.4 Å². The number of aliphatic hydroxyl groups is 1. The first-order valence-electron chi connectivity index (χ1n) is 7.59. The molecule has 2 aromatic heterocycles. The van der Waals surface area contributed by atoms with Crippen LogP contribution < -0.4 is 0 Å². The summed E-state index contributed by atoms with van der Waals surface area (Å²) in [7, 11) is 0. The molecule has 3 rings (SSSR count). The summed E-state index contributed by atoms with van der Waals surface area (Å²) in [6.45, 7) is -0.539. The molecule has 0 aliphatic carbocycles. The molecule has 0 amide bonds. The molecular weight excluding hydrogens is 373 g/mol. The lowest BCUT2D eigenvalue weighted by atomic mass is 10.0. The first kappa shape index (κ1) is 18.8. The topological polar surface area (TPSA) is 76.7 Å². The molecule has 2 heterocycles. The second-order valence-electron chi connectivity index (χ2n) is 5.68. The Labute approximate surface area is 149 Å². The number of rotatable bonds is 5. The standard InChI is InChI=1S/C16H12F5N5O/c17-15(18,14(27)8-26-9-23-24-25-26)13-6-3-11(7-22-13)10-1-4-12(5-2-10)16(19,20)21/h1-7,9,14,27H,8H2. The van der Waals surface area contributed by atoms with Crippen LogP contribution in [0.2, 0.25) is 0 Å². The van der Waals surface area contributed by atoms with Gasteiger partial charge < -0.3 is 5.11 Å². The largest absolute Gasteiger partial charge is 0.416 e. The Balaban J connectivity index is 1.78. The fraction of sp³-hybridized carbons (Fsp3) is 0.250. The van der Waals surface area contributed by atoms with Gasteiger partial charge in [-0.1, -0.05) is 18.2 Å². The smallest absolute Gasteiger partial charge is 0.384 e. The second kappa shape index (κ2) is 6.99. The van der Waals surface area contributed by atoms with E-state index < -0.39 is 36.0 Å². The van der Waals surface area contributed by atoms with E-state index in [1.165, 1.54) is 18.2 Å². The maximum absolute atomic E-state index is 14.3. The summed E-state index contributed by atoms with van der Waals surface area (Å²) in [6, 6.07) is 6.55. The second-order valence-corrected chi connectivity index (χ2v) is 5.68. The molecule has 11 heteroatoms. The lowest BCUT2D eigenvalue weighted by Crippen LogP contribution is -2.35. The highest BCUT2D eigenvalue weighted by Crippen LogP contribution is 2.33. The normalized spacial score (nSPS) is 13.6. The predicted molar refractivity (Wildman–Crippen MR) is 82.4 cm³/mol. The molecule has 1 N–H and O–H groups in total. The molecule has 1 aromatic carbocycles. The number of benzene rings is 1. The van der Waals surface area contributed by atoms with Gasteiger partial charge in [0.2, 0.25) is 0 Å². The van der Waals surface area contributed by atoms with Gasteiger partial charge >= 0.3 is 12.1 Å². The molecule has 0 fully saturated rings. The maximum atomic E-state index is 14.3. The van der Waals surface area contributed by atoms with Crippen molar-refractivity contribution < 1.29 is 27.1 Å². The maximum Gasteiger partial charge on any atom is 0.416 e. The lowest BCUT2D eigenvalue weighted by molar-refractivity contribution is -0.137. The van der Waals surface area contributed by atoms with Crippen molar-refractivity contribution in [1.29, 1.82) is 0 Å². The van der Waals surface area contributed by atoms with E-state index >= 15 is 0 Å². The minimum absolute atomic E-state index is 0.359. The van der Waals surface area contributed by atoms with Crippen molar-refractivity contribution in [2.75, 3.05) is 0 Å². The van der Waals surface area contributed by atoms with Gasteiger partial charge in [-0.25, -0.2) is 4.68 Å². The highest BCUT2D eigenvalue weighted by atomic mass is 19.4. The number of hydrogen-bond donors (Lipinski definition) is 1. The van der Waals surface area contributed by atoms with Crippen molar-refractivity contribution in [1.82, 2.24) is 25.2 Å². The molecular formula is C16H12F5N5O. The number of nitrogens with zero attached hydrogens (tertiary/aromatic N) is 5. The van der Waals surface area contributed by atoms with Gasteiger partial charge in [-0.15, -0.1) is 5.10 Å². The Morgan fingerprint density at radius 1 is 0.963 bits per heavy atom. The average Bonchev–Trinajstić information content (AvgIpc) is 3.14. The molecule has 27 heavy (non-hydrogen) atoms. The zero-order chi connectivity index (χ0) is 19.7. The molecule has 0 radical (unpaired) electrons. The fourth-order valence-electron chi connectivity index (χ4n) is 2.34. The number of aliphatic hydroxyl groups excluding tert-OH is 1. The van der Waals surface area contributed by atoms with Crippen LogP contribution in [0.4, 0.5) is 22.0 Å². The zero-order valence-corrected chi connectivity index (χ0v) is 13.5. The lowest BCUT2D eigenvalue weighted by Gasteiger charge is -2.21. The summed E-state index contributed by atoms with van der Waals surface area (Å²) in [6.07, 6.45) is -4.39. The Morgan fingerprint density at radius 2 is 1.63 bits per heavy atom. The van der Waals surface area contributed by atoms with E-state index in [1.54, 1.807) is 0 Å². The monoisotopic (exact) mass is 385 g/mol. The van der Waals surface area contributed by atoms with Crippen LogP contribution in [-0.2, 0) is 18.6 Å². The fourth-order valence-corrected chi connectivity index (χ4v) is 2.34. The van der Waals surface area contributed by atoms with E-state index in [1.807, 2.05) is 0 Å². The summed E-state index contributed by atoms with van der Waals surface area (Å²) in [5.41, 5.74) is -0.746. The van der Waals surface area contributed by atoms with Gasteiger partial charge in [0.05, 0.1) is 12.1 Å². The molecule has 6 nitrogen and oxygen atoms in total. The molecule has 0 saturated carbocycles. The Bertz CT molecular complexity index is 879. The van der Waals surface area contributed by atoms with Gasteiger partial charge in [0.1, 0.15) is 18.1 Å².